The summed E-state index contributed by atoms with van der Waals surface area (Å²) in [6.45, 7) is -1.85. The Kier molecular flexibility index (Phi) is 5.98. The third-order valence-electron chi connectivity index (χ3n) is 3.63. The Morgan fingerprint density at radius 2 is 1.97 bits per heavy atom. The van der Waals surface area contributed by atoms with Crippen molar-refractivity contribution in [2.45, 2.75) is 25.8 Å². The highest BCUT2D eigenvalue weighted by atomic mass is 35.5. The number of hydrogen-bond donors (Lipinski definition) is 2. The van der Waals surface area contributed by atoms with Gasteiger partial charge in [0.1, 0.15) is 6.10 Å². The highest BCUT2D eigenvalue weighted by Crippen LogP contribution is 2.30. The van der Waals surface area contributed by atoms with Crippen LogP contribution in [0.15, 0.2) is 24.5 Å². The van der Waals surface area contributed by atoms with Crippen molar-refractivity contribution >= 4 is 34.7 Å². The summed E-state index contributed by atoms with van der Waals surface area (Å²) in [6.07, 6.45) is -3.99. The van der Waals surface area contributed by atoms with Crippen LogP contribution < -0.4 is 10.6 Å². The Morgan fingerprint density at radius 1 is 1.23 bits per heavy atom. The van der Waals surface area contributed by atoms with Gasteiger partial charge in [0.15, 0.2) is 16.5 Å². The number of nitrogens with one attached hydrogen (secondary N) is 2. The molecule has 0 aliphatic rings. The van der Waals surface area contributed by atoms with Gasteiger partial charge in [-0.2, -0.15) is 32.1 Å². The van der Waals surface area contributed by atoms with Crippen LogP contribution in [-0.4, -0.2) is 37.4 Å². The van der Waals surface area contributed by atoms with Crippen molar-refractivity contribution in [3.05, 3.63) is 41.1 Å². The first-order chi connectivity index (χ1) is 14.0. The molecule has 0 spiro atoms. The molecule has 0 radical (unpaired) electrons. The van der Waals surface area contributed by atoms with E-state index in [-0.39, 0.29) is 27.9 Å². The summed E-state index contributed by atoms with van der Waals surface area (Å²) in [5, 5.41) is 14.5. The second-order valence-corrected chi connectivity index (χ2v) is 6.13. The predicted molar refractivity (Wildman–Crippen MR) is 93.2 cm³/mol. The number of alkyl halides is 5. The second kappa shape index (κ2) is 8.31. The Hall–Kier alpha value is -3.13. The van der Waals surface area contributed by atoms with E-state index < -0.39 is 30.6 Å². The highest BCUT2D eigenvalue weighted by Gasteiger charge is 2.33. The average molecular weight is 452 g/mol. The number of fused-ring (bicyclic) bond motifs is 1. The molecule has 30 heavy (non-hydrogen) atoms. The van der Waals surface area contributed by atoms with E-state index in [1.165, 1.54) is 13.0 Å². The Balaban J connectivity index is 1.89. The fraction of sp³-hybridized carbons (Fsp3) is 0.267. The van der Waals surface area contributed by atoms with Gasteiger partial charge in [-0.25, -0.2) is 14.3 Å². The van der Waals surface area contributed by atoms with Crippen LogP contribution in [0.25, 0.3) is 5.65 Å². The lowest BCUT2D eigenvalue weighted by atomic mass is 10.2. The maximum atomic E-state index is 12.7. The van der Waals surface area contributed by atoms with Gasteiger partial charge in [-0.1, -0.05) is 11.6 Å². The van der Waals surface area contributed by atoms with E-state index >= 15 is 0 Å². The van der Waals surface area contributed by atoms with Crippen LogP contribution in [0.4, 0.5) is 38.1 Å². The number of urea groups is 1. The molecule has 0 bridgehead atoms. The summed E-state index contributed by atoms with van der Waals surface area (Å²) in [5.41, 5.74) is -1.53. The molecular formula is C15H11ClF5N7O2. The van der Waals surface area contributed by atoms with Crippen molar-refractivity contribution < 1.29 is 31.5 Å². The van der Waals surface area contributed by atoms with E-state index in [1.807, 2.05) is 0 Å². The highest BCUT2D eigenvalue weighted by molar-refractivity contribution is 6.29. The summed E-state index contributed by atoms with van der Waals surface area (Å²) in [4.78, 5) is 16.2. The number of amides is 2. The number of carbonyl (C=O) groups excluding carboxylic acids is 1. The molecule has 0 aliphatic heterocycles. The third-order valence-corrected chi connectivity index (χ3v) is 3.82. The van der Waals surface area contributed by atoms with Crippen molar-refractivity contribution in [1.82, 2.24) is 24.8 Å². The van der Waals surface area contributed by atoms with Gasteiger partial charge >= 0.3 is 18.8 Å². The minimum atomic E-state index is -4.76. The van der Waals surface area contributed by atoms with Gasteiger partial charge in [-0.15, -0.1) is 5.10 Å². The zero-order valence-corrected chi connectivity index (χ0v) is 15.5. The summed E-state index contributed by atoms with van der Waals surface area (Å²) in [7, 11) is 0. The van der Waals surface area contributed by atoms with Gasteiger partial charge in [-0.05, 0) is 13.0 Å². The number of rotatable bonds is 5. The zero-order valence-electron chi connectivity index (χ0n) is 14.8. The summed E-state index contributed by atoms with van der Waals surface area (Å²) < 4.78 is 69.1. The number of nitrogens with zero attached hydrogens (tertiary/aromatic N) is 5. The fourth-order valence-electron chi connectivity index (χ4n) is 2.49. The molecule has 2 amide bonds. The third kappa shape index (κ3) is 4.88. The molecule has 0 aliphatic carbocycles. The first-order valence-electron chi connectivity index (χ1n) is 8.00. The van der Waals surface area contributed by atoms with E-state index in [0.29, 0.717) is 6.07 Å². The number of aromatic nitrogens is 5. The largest absolute Gasteiger partial charge is 0.435 e. The van der Waals surface area contributed by atoms with E-state index in [4.69, 9.17) is 11.6 Å². The van der Waals surface area contributed by atoms with Gasteiger partial charge in [0.05, 0.1) is 29.5 Å². The SMILES string of the molecule is CC(OC(F)F)c1c(NC(=O)Nc2cnnc(C(F)(F)F)c2)cnc2cc(Cl)nn12. The normalized spacial score (nSPS) is 12.9. The molecule has 0 aromatic carbocycles. The van der Waals surface area contributed by atoms with Gasteiger partial charge in [0, 0.05) is 6.07 Å². The van der Waals surface area contributed by atoms with E-state index in [9.17, 15) is 26.7 Å². The number of halogens is 6. The molecule has 2 N–H and O–H groups in total. The number of ether oxygens (including phenoxy) is 1. The van der Waals surface area contributed by atoms with Gasteiger partial charge in [-0.3, -0.25) is 0 Å². The molecule has 0 saturated heterocycles. The topological polar surface area (TPSA) is 106 Å². The maximum Gasteiger partial charge on any atom is 0.435 e. The molecule has 3 rings (SSSR count). The molecule has 1 atom stereocenters. The minimum Gasteiger partial charge on any atom is -0.313 e. The van der Waals surface area contributed by atoms with Crippen LogP contribution in [0.1, 0.15) is 24.4 Å². The summed E-state index contributed by atoms with van der Waals surface area (Å²) >= 11 is 5.82. The average Bonchev–Trinajstić information content (AvgIpc) is 3.00. The zero-order chi connectivity index (χ0) is 22.1. The molecule has 0 fully saturated rings. The molecule has 15 heteroatoms. The lowest BCUT2D eigenvalue weighted by Gasteiger charge is -2.18. The molecule has 3 heterocycles. The molecule has 3 aromatic rings. The Morgan fingerprint density at radius 3 is 2.63 bits per heavy atom. The van der Waals surface area contributed by atoms with Crippen LogP contribution >= 0.6 is 11.6 Å². The molecule has 160 valence electrons. The molecule has 0 saturated carbocycles. The lowest BCUT2D eigenvalue weighted by Crippen LogP contribution is -2.23. The van der Waals surface area contributed by atoms with E-state index in [1.54, 1.807) is 0 Å². The van der Waals surface area contributed by atoms with Gasteiger partial charge in [0.2, 0.25) is 0 Å². The first kappa shape index (κ1) is 21.6. The Bertz CT molecular complexity index is 1080. The van der Waals surface area contributed by atoms with Crippen molar-refractivity contribution in [2.75, 3.05) is 10.6 Å². The van der Waals surface area contributed by atoms with Crippen LogP contribution in [0.5, 0.6) is 0 Å². The van der Waals surface area contributed by atoms with E-state index in [0.717, 1.165) is 16.9 Å². The number of anilines is 2. The summed E-state index contributed by atoms with van der Waals surface area (Å²) in [5.74, 6) is 0. The fourth-order valence-corrected chi connectivity index (χ4v) is 2.66. The van der Waals surface area contributed by atoms with E-state index in [2.05, 4.69) is 35.7 Å². The molecule has 1 unspecified atom stereocenters. The summed E-state index contributed by atoms with van der Waals surface area (Å²) in [6, 6.07) is 0.928. The lowest BCUT2D eigenvalue weighted by molar-refractivity contribution is -0.160. The van der Waals surface area contributed by atoms with Gasteiger partial charge in [0.25, 0.3) is 0 Å². The monoisotopic (exact) mass is 451 g/mol. The quantitative estimate of drug-likeness (QED) is 0.565. The Labute approximate surface area is 169 Å². The number of carbonyl (C=O) groups is 1. The van der Waals surface area contributed by atoms with Crippen LogP contribution in [0.3, 0.4) is 0 Å². The predicted octanol–water partition coefficient (Wildman–Crippen LogP) is 4.14. The minimum absolute atomic E-state index is 0.0112. The molecular weight excluding hydrogens is 441 g/mol. The van der Waals surface area contributed by atoms with Crippen molar-refractivity contribution in [2.24, 2.45) is 0 Å². The number of hydrogen-bond acceptors (Lipinski definition) is 6. The standard InChI is InChI=1S/C15H11ClF5N7O2/c1-6(30-13(17)18)12-8(5-22-11-3-10(16)27-28(11)12)25-14(29)24-7-2-9(15(19,20)21)26-23-4-7/h2-6,13H,1H3,(H2,24,25,26,29). The maximum absolute atomic E-state index is 12.7. The molecule has 9 nitrogen and oxygen atoms in total. The first-order valence-corrected chi connectivity index (χ1v) is 8.38. The van der Waals surface area contributed by atoms with Crippen molar-refractivity contribution in [3.8, 4) is 0 Å². The van der Waals surface area contributed by atoms with Crippen molar-refractivity contribution in [1.29, 1.82) is 0 Å². The van der Waals surface area contributed by atoms with Crippen molar-refractivity contribution in [3.63, 3.8) is 0 Å². The molecule has 3 aromatic heterocycles. The van der Waals surface area contributed by atoms with Crippen LogP contribution in [-0.2, 0) is 10.9 Å². The van der Waals surface area contributed by atoms with Crippen LogP contribution in [0.2, 0.25) is 5.15 Å². The van der Waals surface area contributed by atoms with Crippen LogP contribution in [0, 0.1) is 0 Å². The smallest absolute Gasteiger partial charge is 0.313 e. The second-order valence-electron chi connectivity index (χ2n) is 5.74. The van der Waals surface area contributed by atoms with Gasteiger partial charge < -0.3 is 15.4 Å².